The summed E-state index contributed by atoms with van der Waals surface area (Å²) in [6, 6.07) is 17.1. The minimum absolute atomic E-state index is 0.0929. The van der Waals surface area contributed by atoms with Crippen molar-refractivity contribution in [2.75, 3.05) is 0 Å². The van der Waals surface area contributed by atoms with Gasteiger partial charge >= 0.3 is 0 Å². The summed E-state index contributed by atoms with van der Waals surface area (Å²) in [6.45, 7) is 0. The molecule has 0 fully saturated rings. The summed E-state index contributed by atoms with van der Waals surface area (Å²) >= 11 is 0. The Morgan fingerprint density at radius 3 is 2.58 bits per heavy atom. The summed E-state index contributed by atoms with van der Waals surface area (Å²) in [5, 5.41) is 3.09. The van der Waals surface area contributed by atoms with Crippen molar-refractivity contribution >= 4 is 0 Å². The molecule has 0 radical (unpaired) electrons. The van der Waals surface area contributed by atoms with Crippen molar-refractivity contribution in [2.45, 2.75) is 6.42 Å². The Balaban J connectivity index is 1.92. The molecule has 94 valence electrons. The first-order chi connectivity index (χ1) is 9.33. The number of benzene rings is 1. The predicted octanol–water partition coefficient (Wildman–Crippen LogP) is 2.15. The summed E-state index contributed by atoms with van der Waals surface area (Å²) in [7, 11) is 0. The van der Waals surface area contributed by atoms with Crippen molar-refractivity contribution in [3.8, 4) is 5.82 Å². The van der Waals surface area contributed by atoms with E-state index in [1.807, 2.05) is 42.5 Å². The Morgan fingerprint density at radius 2 is 1.84 bits per heavy atom. The van der Waals surface area contributed by atoms with E-state index in [1.165, 1.54) is 4.68 Å². The van der Waals surface area contributed by atoms with Gasteiger partial charge in [0.15, 0.2) is 5.82 Å². The van der Waals surface area contributed by atoms with Crippen LogP contribution in [0.5, 0.6) is 0 Å². The molecule has 3 aromatic rings. The lowest BCUT2D eigenvalue weighted by atomic mass is 10.1. The first-order valence-electron chi connectivity index (χ1n) is 6.09. The number of nitrogens with one attached hydrogen (secondary N) is 1. The minimum Gasteiger partial charge on any atom is -0.293 e. The van der Waals surface area contributed by atoms with Crippen LogP contribution in [0, 0.1) is 0 Å². The second-order valence-electron chi connectivity index (χ2n) is 4.31. The van der Waals surface area contributed by atoms with Gasteiger partial charge in [0.2, 0.25) is 0 Å². The fourth-order valence-electron chi connectivity index (χ4n) is 2.01. The molecule has 0 unspecified atom stereocenters. The van der Waals surface area contributed by atoms with Crippen molar-refractivity contribution in [1.82, 2.24) is 14.8 Å². The average Bonchev–Trinajstić information content (AvgIpc) is 2.82. The monoisotopic (exact) mass is 251 g/mol. The lowest BCUT2D eigenvalue weighted by Crippen LogP contribution is -2.14. The largest absolute Gasteiger partial charge is 0.293 e. The number of H-pyrrole nitrogens is 1. The lowest BCUT2D eigenvalue weighted by molar-refractivity contribution is 0.798. The zero-order valence-corrected chi connectivity index (χ0v) is 10.3. The van der Waals surface area contributed by atoms with Gasteiger partial charge < -0.3 is 0 Å². The van der Waals surface area contributed by atoms with Crippen molar-refractivity contribution < 1.29 is 0 Å². The number of hydrogen-bond donors (Lipinski definition) is 1. The zero-order chi connectivity index (χ0) is 13.1. The van der Waals surface area contributed by atoms with Gasteiger partial charge in [-0.25, -0.2) is 9.67 Å². The first kappa shape index (κ1) is 11.5. The molecule has 1 aromatic carbocycles. The maximum absolute atomic E-state index is 11.9. The lowest BCUT2D eigenvalue weighted by Gasteiger charge is -2.00. The normalized spacial score (nSPS) is 10.5. The number of hydrogen-bond acceptors (Lipinski definition) is 2. The third-order valence-electron chi connectivity index (χ3n) is 2.89. The molecule has 0 spiro atoms. The molecule has 19 heavy (non-hydrogen) atoms. The van der Waals surface area contributed by atoms with Crippen LogP contribution in [-0.2, 0) is 6.42 Å². The highest BCUT2D eigenvalue weighted by atomic mass is 16.1. The van der Waals surface area contributed by atoms with Crippen LogP contribution in [-0.4, -0.2) is 14.8 Å². The molecule has 0 aliphatic carbocycles. The molecular formula is C15H13N3O. The van der Waals surface area contributed by atoms with Crippen LogP contribution < -0.4 is 5.56 Å². The summed E-state index contributed by atoms with van der Waals surface area (Å²) in [6.07, 6.45) is 2.37. The van der Waals surface area contributed by atoms with E-state index in [4.69, 9.17) is 0 Å². The fourth-order valence-corrected chi connectivity index (χ4v) is 2.01. The third-order valence-corrected chi connectivity index (χ3v) is 2.89. The minimum atomic E-state index is -0.0929. The smallest absolute Gasteiger partial charge is 0.272 e. The second kappa shape index (κ2) is 4.94. The molecule has 1 N–H and O–H groups in total. The maximum atomic E-state index is 11.9. The molecule has 4 nitrogen and oxygen atoms in total. The molecule has 0 saturated heterocycles. The van der Waals surface area contributed by atoms with Gasteiger partial charge in [-0.3, -0.25) is 9.89 Å². The first-order valence-corrected chi connectivity index (χ1v) is 6.09. The van der Waals surface area contributed by atoms with E-state index in [0.717, 1.165) is 11.3 Å². The van der Waals surface area contributed by atoms with E-state index < -0.39 is 0 Å². The molecule has 0 aliphatic heterocycles. The SMILES string of the molecule is O=c1cc(Cc2ccccc2)[nH]n1-c1ccccn1. The summed E-state index contributed by atoms with van der Waals surface area (Å²) in [5.74, 6) is 0.604. The summed E-state index contributed by atoms with van der Waals surface area (Å²) < 4.78 is 1.46. The average molecular weight is 251 g/mol. The quantitative estimate of drug-likeness (QED) is 0.775. The number of pyridine rings is 1. The Bertz CT molecular complexity index is 714. The van der Waals surface area contributed by atoms with Gasteiger partial charge in [0, 0.05) is 24.4 Å². The van der Waals surface area contributed by atoms with Crippen molar-refractivity contribution in [3.05, 3.63) is 82.4 Å². The molecule has 0 bridgehead atoms. The van der Waals surface area contributed by atoms with E-state index in [1.54, 1.807) is 18.3 Å². The fraction of sp³-hybridized carbons (Fsp3) is 0.0667. The molecule has 0 saturated carbocycles. The number of aromatic nitrogens is 3. The van der Waals surface area contributed by atoms with E-state index in [2.05, 4.69) is 10.1 Å². The molecular weight excluding hydrogens is 238 g/mol. The molecule has 0 aliphatic rings. The van der Waals surface area contributed by atoms with Gasteiger partial charge in [0.1, 0.15) is 0 Å². The van der Waals surface area contributed by atoms with Gasteiger partial charge in [-0.2, -0.15) is 0 Å². The van der Waals surface area contributed by atoms with Crippen LogP contribution in [0.2, 0.25) is 0 Å². The Morgan fingerprint density at radius 1 is 1.05 bits per heavy atom. The van der Waals surface area contributed by atoms with Gasteiger partial charge in [-0.05, 0) is 17.7 Å². The van der Waals surface area contributed by atoms with Crippen LogP contribution >= 0.6 is 0 Å². The topological polar surface area (TPSA) is 50.7 Å². The standard InChI is InChI=1S/C15H13N3O/c19-15-11-13(10-12-6-2-1-3-7-12)17-18(15)14-8-4-5-9-16-14/h1-9,11,17H,10H2. The maximum Gasteiger partial charge on any atom is 0.272 e. The van der Waals surface area contributed by atoms with Crippen molar-refractivity contribution in [2.24, 2.45) is 0 Å². The van der Waals surface area contributed by atoms with Gasteiger partial charge in [-0.1, -0.05) is 36.4 Å². The molecule has 0 atom stereocenters. The van der Waals surface area contributed by atoms with E-state index in [-0.39, 0.29) is 5.56 Å². The molecule has 0 amide bonds. The Kier molecular flexibility index (Phi) is 2.98. The van der Waals surface area contributed by atoms with Crippen LogP contribution in [0.1, 0.15) is 11.3 Å². The van der Waals surface area contributed by atoms with Gasteiger partial charge in [0.25, 0.3) is 5.56 Å². The highest BCUT2D eigenvalue weighted by Gasteiger charge is 2.06. The van der Waals surface area contributed by atoms with E-state index in [0.29, 0.717) is 12.2 Å². The second-order valence-corrected chi connectivity index (χ2v) is 4.31. The summed E-state index contributed by atoms with van der Waals surface area (Å²) in [5.41, 5.74) is 1.95. The number of rotatable bonds is 3. The van der Waals surface area contributed by atoms with E-state index in [9.17, 15) is 4.79 Å². The van der Waals surface area contributed by atoms with Crippen molar-refractivity contribution in [3.63, 3.8) is 0 Å². The van der Waals surface area contributed by atoms with Gasteiger partial charge in [0.05, 0.1) is 0 Å². The van der Waals surface area contributed by atoms with Crippen LogP contribution in [0.15, 0.2) is 65.6 Å². The van der Waals surface area contributed by atoms with Crippen LogP contribution in [0.3, 0.4) is 0 Å². The zero-order valence-electron chi connectivity index (χ0n) is 10.3. The highest BCUT2D eigenvalue weighted by Crippen LogP contribution is 2.06. The van der Waals surface area contributed by atoms with Crippen LogP contribution in [0.4, 0.5) is 0 Å². The predicted molar refractivity (Wildman–Crippen MR) is 73.4 cm³/mol. The van der Waals surface area contributed by atoms with Crippen molar-refractivity contribution in [1.29, 1.82) is 0 Å². The van der Waals surface area contributed by atoms with Crippen LogP contribution in [0.25, 0.3) is 5.82 Å². The molecule has 3 rings (SSSR count). The highest BCUT2D eigenvalue weighted by molar-refractivity contribution is 5.24. The Hall–Kier alpha value is -2.62. The van der Waals surface area contributed by atoms with E-state index >= 15 is 0 Å². The van der Waals surface area contributed by atoms with Gasteiger partial charge in [-0.15, -0.1) is 0 Å². The molecule has 2 heterocycles. The Labute approximate surface area is 110 Å². The molecule has 4 heteroatoms. The summed E-state index contributed by atoms with van der Waals surface area (Å²) in [4.78, 5) is 16.1. The molecule has 2 aromatic heterocycles. The number of nitrogens with zero attached hydrogens (tertiary/aromatic N) is 2. The third kappa shape index (κ3) is 2.47. The number of aromatic amines is 1.